The van der Waals surface area contributed by atoms with Crippen LogP contribution in [0, 0.1) is 27.7 Å². The fraction of sp³-hybridized carbons (Fsp3) is 0.344. The summed E-state index contributed by atoms with van der Waals surface area (Å²) in [6.45, 7) is 11.1. The summed E-state index contributed by atoms with van der Waals surface area (Å²) in [6, 6.07) is 21.8. The lowest BCUT2D eigenvalue weighted by Crippen LogP contribution is -2.51. The number of amides is 1. The summed E-state index contributed by atoms with van der Waals surface area (Å²) < 4.78 is 29.3. The SMILES string of the molecule is Cc1ccc(CN(CC(=O)N2CCN(C/C=C/c3ccccc3)CC2)S(=O)(=O)c2c(C)cc(C)cc2C)cc1. The van der Waals surface area contributed by atoms with E-state index in [0.29, 0.717) is 29.1 Å². The first-order valence-electron chi connectivity index (χ1n) is 13.5. The molecule has 0 radical (unpaired) electrons. The molecular weight excluding hydrogens is 506 g/mol. The number of rotatable bonds is 9. The third kappa shape index (κ3) is 7.44. The highest BCUT2D eigenvalue weighted by Gasteiger charge is 2.32. The highest BCUT2D eigenvalue weighted by molar-refractivity contribution is 7.89. The smallest absolute Gasteiger partial charge is 0.244 e. The van der Waals surface area contributed by atoms with Gasteiger partial charge in [0.1, 0.15) is 0 Å². The highest BCUT2D eigenvalue weighted by Crippen LogP contribution is 2.27. The maximum Gasteiger partial charge on any atom is 0.244 e. The Bertz CT molecular complexity index is 1390. The van der Waals surface area contributed by atoms with E-state index >= 15 is 0 Å². The van der Waals surface area contributed by atoms with Crippen LogP contribution in [0.25, 0.3) is 6.08 Å². The predicted molar refractivity (Wildman–Crippen MR) is 158 cm³/mol. The number of sulfonamides is 1. The van der Waals surface area contributed by atoms with Crippen LogP contribution >= 0.6 is 0 Å². The van der Waals surface area contributed by atoms with Crippen molar-refractivity contribution in [1.29, 1.82) is 0 Å². The third-order valence-corrected chi connectivity index (χ3v) is 9.29. The van der Waals surface area contributed by atoms with Gasteiger partial charge in [0.15, 0.2) is 0 Å². The van der Waals surface area contributed by atoms with Crippen LogP contribution in [0.1, 0.15) is 33.4 Å². The average Bonchev–Trinajstić information content (AvgIpc) is 2.89. The Morgan fingerprint density at radius 1 is 0.846 bits per heavy atom. The normalized spacial score (nSPS) is 14.8. The molecule has 1 aliphatic heterocycles. The molecule has 0 aliphatic carbocycles. The van der Waals surface area contributed by atoms with Gasteiger partial charge in [0.25, 0.3) is 0 Å². The quantitative estimate of drug-likeness (QED) is 0.381. The van der Waals surface area contributed by atoms with Crippen LogP contribution in [-0.2, 0) is 21.4 Å². The van der Waals surface area contributed by atoms with E-state index < -0.39 is 10.0 Å². The summed E-state index contributed by atoms with van der Waals surface area (Å²) in [5.74, 6) is -0.160. The van der Waals surface area contributed by atoms with E-state index in [9.17, 15) is 13.2 Å². The predicted octanol–water partition coefficient (Wildman–Crippen LogP) is 4.97. The topological polar surface area (TPSA) is 60.9 Å². The molecule has 0 bridgehead atoms. The summed E-state index contributed by atoms with van der Waals surface area (Å²) >= 11 is 0. The minimum atomic E-state index is -3.90. The first-order valence-corrected chi connectivity index (χ1v) is 14.9. The van der Waals surface area contributed by atoms with Crippen molar-refractivity contribution in [2.45, 2.75) is 39.1 Å². The Hall–Kier alpha value is -3.26. The van der Waals surface area contributed by atoms with Crippen LogP contribution in [0.15, 0.2) is 77.7 Å². The number of hydrogen-bond donors (Lipinski definition) is 0. The van der Waals surface area contributed by atoms with E-state index in [2.05, 4.69) is 29.2 Å². The van der Waals surface area contributed by atoms with Gasteiger partial charge in [-0.2, -0.15) is 4.31 Å². The number of carbonyl (C=O) groups excluding carboxylic acids is 1. The Morgan fingerprint density at radius 2 is 1.46 bits per heavy atom. The molecule has 6 nitrogen and oxygen atoms in total. The van der Waals surface area contributed by atoms with Gasteiger partial charge in [0.05, 0.1) is 11.4 Å². The number of nitrogens with zero attached hydrogens (tertiary/aromatic N) is 3. The van der Waals surface area contributed by atoms with Gasteiger partial charge in [0.2, 0.25) is 15.9 Å². The van der Waals surface area contributed by atoms with E-state index in [-0.39, 0.29) is 19.0 Å². The summed E-state index contributed by atoms with van der Waals surface area (Å²) in [4.78, 5) is 17.8. The van der Waals surface area contributed by atoms with Crippen LogP contribution in [0.5, 0.6) is 0 Å². The monoisotopic (exact) mass is 545 g/mol. The van der Waals surface area contributed by atoms with Gasteiger partial charge < -0.3 is 4.90 Å². The van der Waals surface area contributed by atoms with E-state index in [1.165, 1.54) is 9.87 Å². The Morgan fingerprint density at radius 3 is 2.08 bits per heavy atom. The molecule has 0 unspecified atom stereocenters. The van der Waals surface area contributed by atoms with Crippen molar-refractivity contribution in [3.05, 3.63) is 106 Å². The van der Waals surface area contributed by atoms with Crippen molar-refractivity contribution in [1.82, 2.24) is 14.1 Å². The average molecular weight is 546 g/mol. The number of carbonyl (C=O) groups is 1. The third-order valence-electron chi connectivity index (χ3n) is 7.19. The van der Waals surface area contributed by atoms with Gasteiger partial charge in [0, 0.05) is 39.3 Å². The van der Waals surface area contributed by atoms with Crippen LogP contribution in [-0.4, -0.2) is 67.7 Å². The number of aryl methyl sites for hydroxylation is 4. The molecule has 39 heavy (non-hydrogen) atoms. The maximum atomic E-state index is 14.0. The van der Waals surface area contributed by atoms with Crippen molar-refractivity contribution in [3.8, 4) is 0 Å². The molecular formula is C32H39N3O3S. The highest BCUT2D eigenvalue weighted by atomic mass is 32.2. The molecule has 1 saturated heterocycles. The Labute approximate surface area is 233 Å². The molecule has 0 spiro atoms. The van der Waals surface area contributed by atoms with Crippen LogP contribution in [0.2, 0.25) is 0 Å². The largest absolute Gasteiger partial charge is 0.339 e. The zero-order valence-electron chi connectivity index (χ0n) is 23.4. The fourth-order valence-corrected chi connectivity index (χ4v) is 6.95. The van der Waals surface area contributed by atoms with Gasteiger partial charge >= 0.3 is 0 Å². The molecule has 7 heteroatoms. The van der Waals surface area contributed by atoms with E-state index in [4.69, 9.17) is 0 Å². The Balaban J connectivity index is 1.46. The summed E-state index contributed by atoms with van der Waals surface area (Å²) in [7, 11) is -3.90. The zero-order chi connectivity index (χ0) is 28.0. The molecule has 0 saturated carbocycles. The molecule has 1 aliphatic rings. The summed E-state index contributed by atoms with van der Waals surface area (Å²) in [5.41, 5.74) is 5.54. The van der Waals surface area contributed by atoms with Gasteiger partial charge in [-0.05, 0) is 49.9 Å². The minimum Gasteiger partial charge on any atom is -0.339 e. The second kappa shape index (κ2) is 12.7. The molecule has 3 aromatic carbocycles. The van der Waals surface area contributed by atoms with Crippen LogP contribution in [0.3, 0.4) is 0 Å². The zero-order valence-corrected chi connectivity index (χ0v) is 24.2. The molecule has 1 amide bonds. The first kappa shape index (κ1) is 28.7. The Kier molecular flexibility index (Phi) is 9.38. The lowest BCUT2D eigenvalue weighted by Gasteiger charge is -2.35. The van der Waals surface area contributed by atoms with Crippen molar-refractivity contribution >= 4 is 22.0 Å². The fourth-order valence-electron chi connectivity index (χ4n) is 5.16. The molecule has 0 aromatic heterocycles. The summed E-state index contributed by atoms with van der Waals surface area (Å²) in [6.07, 6.45) is 4.26. The lowest BCUT2D eigenvalue weighted by molar-refractivity contribution is -0.133. The van der Waals surface area contributed by atoms with Crippen LogP contribution in [0.4, 0.5) is 0 Å². The summed E-state index contributed by atoms with van der Waals surface area (Å²) in [5, 5.41) is 0. The van der Waals surface area contributed by atoms with Crippen molar-refractivity contribution < 1.29 is 13.2 Å². The molecule has 206 valence electrons. The van der Waals surface area contributed by atoms with Crippen molar-refractivity contribution in [3.63, 3.8) is 0 Å². The van der Waals surface area contributed by atoms with Gasteiger partial charge in [-0.1, -0.05) is 90.0 Å². The maximum absolute atomic E-state index is 14.0. The second-order valence-electron chi connectivity index (χ2n) is 10.5. The molecule has 1 heterocycles. The first-order chi connectivity index (χ1) is 18.6. The minimum absolute atomic E-state index is 0.144. The number of piperazine rings is 1. The molecule has 1 fully saturated rings. The van der Waals surface area contributed by atoms with Gasteiger partial charge in [-0.25, -0.2) is 8.42 Å². The van der Waals surface area contributed by atoms with Crippen molar-refractivity contribution in [2.24, 2.45) is 0 Å². The van der Waals surface area contributed by atoms with Crippen molar-refractivity contribution in [2.75, 3.05) is 39.3 Å². The number of benzene rings is 3. The van der Waals surface area contributed by atoms with Gasteiger partial charge in [-0.3, -0.25) is 9.69 Å². The molecule has 3 aromatic rings. The second-order valence-corrected chi connectivity index (χ2v) is 12.4. The molecule has 0 N–H and O–H groups in total. The number of hydrogen-bond acceptors (Lipinski definition) is 4. The van der Waals surface area contributed by atoms with E-state index in [0.717, 1.165) is 36.3 Å². The van der Waals surface area contributed by atoms with E-state index in [1.807, 2.05) is 82.3 Å². The molecule has 4 rings (SSSR count). The van der Waals surface area contributed by atoms with Crippen LogP contribution < -0.4 is 0 Å². The van der Waals surface area contributed by atoms with Gasteiger partial charge in [-0.15, -0.1) is 0 Å². The van der Waals surface area contributed by atoms with E-state index in [1.54, 1.807) is 4.90 Å². The standard InChI is InChI=1S/C32H39N3O3S/c1-25-12-14-30(15-13-25)23-35(39(37,38)32-27(3)21-26(2)22-28(32)4)24-31(36)34-19-17-33(18-20-34)16-8-11-29-9-6-5-7-10-29/h5-15,21-22H,16-20,23-24H2,1-4H3/b11-8+. The molecule has 0 atom stereocenters. The lowest BCUT2D eigenvalue weighted by atomic mass is 10.1.